The molecule has 36 heavy (non-hydrogen) atoms. The lowest BCUT2D eigenvalue weighted by Crippen LogP contribution is -2.45. The Bertz CT molecular complexity index is 1160. The number of benzene rings is 2. The Hall–Kier alpha value is -2.30. The van der Waals surface area contributed by atoms with Gasteiger partial charge in [0.2, 0.25) is 0 Å². The second kappa shape index (κ2) is 11.0. The Morgan fingerprint density at radius 2 is 1.86 bits per heavy atom. The molecular formula is C26H32F3NO5S. The fraction of sp³-hybridized carbons (Fsp3) is 0.538. The molecule has 1 saturated heterocycles. The van der Waals surface area contributed by atoms with Gasteiger partial charge in [0.1, 0.15) is 5.75 Å². The molecule has 10 heteroatoms. The van der Waals surface area contributed by atoms with E-state index >= 15 is 0 Å². The van der Waals surface area contributed by atoms with E-state index in [0.717, 1.165) is 34.7 Å². The van der Waals surface area contributed by atoms with E-state index < -0.39 is 35.3 Å². The second-order valence-corrected chi connectivity index (χ2v) is 11.2. The molecule has 1 atom stereocenters. The number of aryl methyl sites for hydroxylation is 2. The number of ether oxygens (including phenoxy) is 2. The van der Waals surface area contributed by atoms with Crippen molar-refractivity contribution in [2.45, 2.75) is 69.2 Å². The molecule has 2 aromatic rings. The van der Waals surface area contributed by atoms with Crippen molar-refractivity contribution in [2.24, 2.45) is 5.92 Å². The SMILES string of the molecule is CCc1ccc2c(c1)CC[C@@H](CC(F)(F)F)N2S(=O)(=O)c1ccc(OCC2CCOCC2)c(CO)c1. The van der Waals surface area contributed by atoms with Crippen molar-refractivity contribution < 1.29 is 36.2 Å². The monoisotopic (exact) mass is 527 g/mol. The van der Waals surface area contributed by atoms with Crippen LogP contribution in [0.25, 0.3) is 0 Å². The molecule has 1 fully saturated rings. The molecule has 0 unspecified atom stereocenters. The summed E-state index contributed by atoms with van der Waals surface area (Å²) in [5.41, 5.74) is 2.26. The van der Waals surface area contributed by atoms with Gasteiger partial charge in [0, 0.05) is 18.8 Å². The zero-order chi connectivity index (χ0) is 25.9. The lowest BCUT2D eigenvalue weighted by molar-refractivity contribution is -0.138. The van der Waals surface area contributed by atoms with Crippen LogP contribution in [0, 0.1) is 5.92 Å². The first-order chi connectivity index (χ1) is 17.1. The van der Waals surface area contributed by atoms with Crippen LogP contribution in [0.2, 0.25) is 0 Å². The third-order valence-electron chi connectivity index (χ3n) is 6.91. The number of fused-ring (bicyclic) bond motifs is 1. The molecule has 0 spiro atoms. The summed E-state index contributed by atoms with van der Waals surface area (Å²) in [6.45, 7) is 3.24. The quantitative estimate of drug-likeness (QED) is 0.523. The van der Waals surface area contributed by atoms with Crippen molar-refractivity contribution >= 4 is 15.7 Å². The van der Waals surface area contributed by atoms with E-state index in [0.29, 0.717) is 37.9 Å². The van der Waals surface area contributed by atoms with Gasteiger partial charge in [-0.1, -0.05) is 19.1 Å². The number of halogens is 3. The van der Waals surface area contributed by atoms with Crippen LogP contribution < -0.4 is 9.04 Å². The van der Waals surface area contributed by atoms with Gasteiger partial charge in [0.25, 0.3) is 10.0 Å². The maximum atomic E-state index is 13.8. The van der Waals surface area contributed by atoms with Crippen LogP contribution in [0.4, 0.5) is 18.9 Å². The molecule has 0 bridgehead atoms. The van der Waals surface area contributed by atoms with Gasteiger partial charge in [-0.15, -0.1) is 0 Å². The summed E-state index contributed by atoms with van der Waals surface area (Å²) < 4.78 is 80.1. The van der Waals surface area contributed by atoms with Gasteiger partial charge in [-0.05, 0) is 73.4 Å². The summed E-state index contributed by atoms with van der Waals surface area (Å²) in [5.74, 6) is 0.663. The maximum absolute atomic E-state index is 13.8. The van der Waals surface area contributed by atoms with Gasteiger partial charge < -0.3 is 14.6 Å². The number of rotatable bonds is 8. The number of aliphatic hydroxyl groups excluding tert-OH is 1. The summed E-state index contributed by atoms with van der Waals surface area (Å²) in [7, 11) is -4.35. The standard InChI is InChI=1S/C26H32F3NO5S/c1-2-18-3-7-24-20(13-18)4-5-22(15-26(27,28)29)30(24)36(32,33)23-6-8-25(21(14-23)16-31)35-17-19-9-11-34-12-10-19/h3,6-8,13-14,19,22,31H,2,4-5,9-12,15-17H2,1H3/t22-/m0/s1. The van der Waals surface area contributed by atoms with Gasteiger partial charge in [-0.25, -0.2) is 8.42 Å². The van der Waals surface area contributed by atoms with Crippen molar-refractivity contribution in [3.8, 4) is 5.75 Å². The highest BCUT2D eigenvalue weighted by Crippen LogP contribution is 2.40. The predicted molar refractivity (Wildman–Crippen MR) is 130 cm³/mol. The fourth-order valence-corrected chi connectivity index (χ4v) is 6.67. The first-order valence-electron chi connectivity index (χ1n) is 12.3. The third kappa shape index (κ3) is 5.98. The lowest BCUT2D eigenvalue weighted by Gasteiger charge is -2.38. The molecule has 0 saturated carbocycles. The topological polar surface area (TPSA) is 76.1 Å². The molecule has 198 valence electrons. The molecule has 6 nitrogen and oxygen atoms in total. The third-order valence-corrected chi connectivity index (χ3v) is 8.77. The molecule has 0 radical (unpaired) electrons. The van der Waals surface area contributed by atoms with E-state index in [1.165, 1.54) is 18.2 Å². The summed E-state index contributed by atoms with van der Waals surface area (Å²) in [5, 5.41) is 9.92. The summed E-state index contributed by atoms with van der Waals surface area (Å²) in [6, 6.07) is 8.09. The van der Waals surface area contributed by atoms with Gasteiger partial charge in [0.15, 0.2) is 0 Å². The number of alkyl halides is 3. The van der Waals surface area contributed by atoms with Crippen molar-refractivity contribution in [1.82, 2.24) is 0 Å². The molecule has 0 aromatic heterocycles. The van der Waals surface area contributed by atoms with Gasteiger partial charge in [-0.3, -0.25) is 4.31 Å². The Morgan fingerprint density at radius 3 is 2.53 bits per heavy atom. The van der Waals surface area contributed by atoms with E-state index in [1.54, 1.807) is 12.1 Å². The van der Waals surface area contributed by atoms with Crippen LogP contribution in [-0.2, 0) is 34.2 Å². The van der Waals surface area contributed by atoms with Crippen molar-refractivity contribution in [3.05, 3.63) is 53.1 Å². The van der Waals surface area contributed by atoms with Crippen molar-refractivity contribution in [2.75, 3.05) is 24.1 Å². The van der Waals surface area contributed by atoms with E-state index in [1.807, 2.05) is 13.0 Å². The average molecular weight is 528 g/mol. The number of aliphatic hydroxyl groups is 1. The Morgan fingerprint density at radius 1 is 1.11 bits per heavy atom. The van der Waals surface area contributed by atoms with Gasteiger partial charge in [-0.2, -0.15) is 13.2 Å². The first kappa shape index (κ1) is 26.8. The van der Waals surface area contributed by atoms with Crippen molar-refractivity contribution in [3.63, 3.8) is 0 Å². The minimum atomic E-state index is -4.52. The number of hydrogen-bond donors (Lipinski definition) is 1. The number of hydrogen-bond acceptors (Lipinski definition) is 5. The highest BCUT2D eigenvalue weighted by Gasteiger charge is 2.42. The Kier molecular flexibility index (Phi) is 8.16. The van der Waals surface area contributed by atoms with Crippen LogP contribution in [0.3, 0.4) is 0 Å². The van der Waals surface area contributed by atoms with E-state index in [4.69, 9.17) is 9.47 Å². The Labute approximate surface area is 210 Å². The van der Waals surface area contributed by atoms with Gasteiger partial charge >= 0.3 is 6.18 Å². The van der Waals surface area contributed by atoms with Crippen LogP contribution in [-0.4, -0.2) is 45.6 Å². The predicted octanol–water partition coefficient (Wildman–Crippen LogP) is 5.01. The zero-order valence-electron chi connectivity index (χ0n) is 20.3. The molecule has 2 aliphatic rings. The molecule has 0 amide bonds. The minimum absolute atomic E-state index is 0.0675. The van der Waals surface area contributed by atoms with Gasteiger partial charge in [0.05, 0.1) is 36.3 Å². The van der Waals surface area contributed by atoms with Crippen LogP contribution in [0.1, 0.15) is 49.3 Å². The van der Waals surface area contributed by atoms with Crippen LogP contribution in [0.5, 0.6) is 5.75 Å². The lowest BCUT2D eigenvalue weighted by atomic mass is 9.94. The highest BCUT2D eigenvalue weighted by atomic mass is 32.2. The molecule has 0 aliphatic carbocycles. The minimum Gasteiger partial charge on any atom is -0.493 e. The summed E-state index contributed by atoms with van der Waals surface area (Å²) >= 11 is 0. The Balaban J connectivity index is 1.67. The van der Waals surface area contributed by atoms with E-state index in [-0.39, 0.29) is 22.6 Å². The maximum Gasteiger partial charge on any atom is 0.391 e. The smallest absolute Gasteiger partial charge is 0.391 e. The second-order valence-electron chi connectivity index (χ2n) is 9.42. The molecular weight excluding hydrogens is 495 g/mol. The molecule has 2 aromatic carbocycles. The van der Waals surface area contributed by atoms with E-state index in [9.17, 15) is 26.7 Å². The molecule has 1 N–H and O–H groups in total. The molecule has 4 rings (SSSR count). The van der Waals surface area contributed by atoms with Crippen LogP contribution in [0.15, 0.2) is 41.3 Å². The summed E-state index contributed by atoms with van der Waals surface area (Å²) in [4.78, 5) is -0.176. The van der Waals surface area contributed by atoms with Crippen molar-refractivity contribution in [1.29, 1.82) is 0 Å². The zero-order valence-corrected chi connectivity index (χ0v) is 21.1. The van der Waals surface area contributed by atoms with Crippen LogP contribution >= 0.6 is 0 Å². The largest absolute Gasteiger partial charge is 0.493 e. The fourth-order valence-electron chi connectivity index (χ4n) is 4.90. The first-order valence-corrected chi connectivity index (χ1v) is 13.7. The number of nitrogens with zero attached hydrogens (tertiary/aromatic N) is 1. The molecule has 2 heterocycles. The highest BCUT2D eigenvalue weighted by molar-refractivity contribution is 7.92. The molecule has 2 aliphatic heterocycles. The normalized spacial score (nSPS) is 19.2. The summed E-state index contributed by atoms with van der Waals surface area (Å²) in [6.07, 6.45) is -2.86. The number of sulfonamides is 1. The average Bonchev–Trinajstić information content (AvgIpc) is 2.86. The van der Waals surface area contributed by atoms with E-state index in [2.05, 4.69) is 0 Å². The number of anilines is 1.